The molecule has 1 rings (SSSR count). The second-order valence-corrected chi connectivity index (χ2v) is 4.47. The topological polar surface area (TPSA) is 35.2 Å². The summed E-state index contributed by atoms with van der Waals surface area (Å²) in [6.07, 6.45) is 0. The van der Waals surface area contributed by atoms with Crippen LogP contribution in [0.15, 0.2) is 24.3 Å². The fraction of sp³-hybridized carbons (Fsp3) is 0.500. The lowest BCUT2D eigenvalue weighted by molar-refractivity contribution is 0.187. The second kappa shape index (κ2) is 5.99. The number of hydrogen-bond acceptors (Lipinski definition) is 2. The first-order chi connectivity index (χ1) is 6.53. The van der Waals surface area contributed by atoms with Gasteiger partial charge < -0.3 is 10.5 Å². The molecule has 3 heteroatoms. The van der Waals surface area contributed by atoms with Crippen LogP contribution in [-0.4, -0.2) is 13.2 Å². The van der Waals surface area contributed by atoms with Gasteiger partial charge in [0.2, 0.25) is 0 Å². The van der Waals surface area contributed by atoms with Gasteiger partial charge in [0.15, 0.2) is 0 Å². The molecule has 1 aromatic rings. The van der Waals surface area contributed by atoms with Crippen molar-refractivity contribution in [3.63, 3.8) is 0 Å². The van der Waals surface area contributed by atoms with E-state index in [-0.39, 0.29) is 17.8 Å². The number of halogens is 1. The molecular formula is C12H20ClNO. The molecule has 0 unspecified atom stereocenters. The molecule has 0 atom stereocenters. The SMILES string of the molecule is Cc1cccc(OCC(C)(C)CN)c1.Cl. The molecule has 1 aromatic carbocycles. The third-order valence-electron chi connectivity index (χ3n) is 2.17. The van der Waals surface area contributed by atoms with E-state index >= 15 is 0 Å². The van der Waals surface area contributed by atoms with Gasteiger partial charge in [0.25, 0.3) is 0 Å². The quantitative estimate of drug-likeness (QED) is 0.862. The van der Waals surface area contributed by atoms with Crippen LogP contribution in [0.2, 0.25) is 0 Å². The molecule has 0 saturated carbocycles. The van der Waals surface area contributed by atoms with E-state index in [1.807, 2.05) is 18.2 Å². The number of benzene rings is 1. The van der Waals surface area contributed by atoms with Crippen molar-refractivity contribution in [2.45, 2.75) is 20.8 Å². The first kappa shape index (κ1) is 14.3. The molecule has 0 bridgehead atoms. The largest absolute Gasteiger partial charge is 0.493 e. The van der Waals surface area contributed by atoms with Gasteiger partial charge >= 0.3 is 0 Å². The van der Waals surface area contributed by atoms with Crippen LogP contribution in [0.5, 0.6) is 5.75 Å². The molecule has 2 N–H and O–H groups in total. The number of nitrogens with two attached hydrogens (primary N) is 1. The third kappa shape index (κ3) is 5.05. The summed E-state index contributed by atoms with van der Waals surface area (Å²) in [4.78, 5) is 0. The maximum atomic E-state index is 5.66. The molecule has 0 spiro atoms. The van der Waals surface area contributed by atoms with Crippen molar-refractivity contribution in [3.8, 4) is 5.75 Å². The number of ether oxygens (including phenoxy) is 1. The Labute approximate surface area is 98.2 Å². The maximum Gasteiger partial charge on any atom is 0.119 e. The molecule has 0 aliphatic heterocycles. The zero-order valence-corrected chi connectivity index (χ0v) is 10.4. The van der Waals surface area contributed by atoms with Crippen molar-refractivity contribution in [1.29, 1.82) is 0 Å². The molecule has 86 valence electrons. The first-order valence-corrected chi connectivity index (χ1v) is 4.93. The lowest BCUT2D eigenvalue weighted by atomic mass is 9.95. The molecule has 0 heterocycles. The Morgan fingerprint density at radius 3 is 2.53 bits per heavy atom. The Morgan fingerprint density at radius 1 is 1.33 bits per heavy atom. The van der Waals surface area contributed by atoms with E-state index in [1.54, 1.807) is 0 Å². The minimum Gasteiger partial charge on any atom is -0.493 e. The van der Waals surface area contributed by atoms with Crippen molar-refractivity contribution in [2.24, 2.45) is 11.1 Å². The minimum absolute atomic E-state index is 0. The van der Waals surface area contributed by atoms with Crippen molar-refractivity contribution in [3.05, 3.63) is 29.8 Å². The molecule has 0 aromatic heterocycles. The van der Waals surface area contributed by atoms with Crippen molar-refractivity contribution in [1.82, 2.24) is 0 Å². The number of rotatable bonds is 4. The molecule has 2 nitrogen and oxygen atoms in total. The lowest BCUT2D eigenvalue weighted by Gasteiger charge is -2.22. The maximum absolute atomic E-state index is 5.66. The summed E-state index contributed by atoms with van der Waals surface area (Å²) in [6, 6.07) is 8.06. The molecule has 0 amide bonds. The Hall–Kier alpha value is -0.730. The van der Waals surface area contributed by atoms with Gasteiger partial charge in [0, 0.05) is 12.0 Å². The van der Waals surface area contributed by atoms with Gasteiger partial charge in [0.1, 0.15) is 5.75 Å². The van der Waals surface area contributed by atoms with E-state index in [4.69, 9.17) is 10.5 Å². The highest BCUT2D eigenvalue weighted by atomic mass is 35.5. The molecule has 15 heavy (non-hydrogen) atoms. The van der Waals surface area contributed by atoms with Crippen LogP contribution >= 0.6 is 12.4 Å². The summed E-state index contributed by atoms with van der Waals surface area (Å²) in [5.41, 5.74) is 6.88. The van der Waals surface area contributed by atoms with E-state index in [0.717, 1.165) is 5.75 Å². The average Bonchev–Trinajstić information content (AvgIpc) is 2.15. The zero-order valence-electron chi connectivity index (χ0n) is 9.62. The Balaban J connectivity index is 0.00000196. The van der Waals surface area contributed by atoms with Crippen molar-refractivity contribution in [2.75, 3.05) is 13.2 Å². The van der Waals surface area contributed by atoms with E-state index in [9.17, 15) is 0 Å². The van der Waals surface area contributed by atoms with Gasteiger partial charge in [-0.2, -0.15) is 0 Å². The van der Waals surface area contributed by atoms with Crippen LogP contribution in [0.1, 0.15) is 19.4 Å². The first-order valence-electron chi connectivity index (χ1n) is 4.93. The smallest absolute Gasteiger partial charge is 0.119 e. The van der Waals surface area contributed by atoms with E-state index in [0.29, 0.717) is 13.2 Å². The molecule has 0 radical (unpaired) electrons. The van der Waals surface area contributed by atoms with Gasteiger partial charge in [-0.15, -0.1) is 12.4 Å². The highest BCUT2D eigenvalue weighted by Gasteiger charge is 2.16. The molecule has 0 aliphatic rings. The Bertz CT molecular complexity index is 299. The lowest BCUT2D eigenvalue weighted by Crippen LogP contribution is -2.30. The number of aryl methyl sites for hydroxylation is 1. The van der Waals surface area contributed by atoms with Gasteiger partial charge in [-0.3, -0.25) is 0 Å². The van der Waals surface area contributed by atoms with E-state index < -0.39 is 0 Å². The van der Waals surface area contributed by atoms with Gasteiger partial charge in [-0.05, 0) is 24.6 Å². The van der Waals surface area contributed by atoms with Crippen LogP contribution in [0.4, 0.5) is 0 Å². The van der Waals surface area contributed by atoms with Gasteiger partial charge in [0.05, 0.1) is 6.61 Å². The fourth-order valence-electron chi connectivity index (χ4n) is 1.04. The second-order valence-electron chi connectivity index (χ2n) is 4.47. The minimum atomic E-state index is 0. The molecule has 0 aliphatic carbocycles. The monoisotopic (exact) mass is 229 g/mol. The summed E-state index contributed by atoms with van der Waals surface area (Å²) in [5, 5.41) is 0. The van der Waals surface area contributed by atoms with Crippen molar-refractivity contribution < 1.29 is 4.74 Å². The Morgan fingerprint density at radius 2 is 2.00 bits per heavy atom. The zero-order chi connectivity index (χ0) is 10.6. The van der Waals surface area contributed by atoms with Crippen molar-refractivity contribution >= 4 is 12.4 Å². The van der Waals surface area contributed by atoms with Crippen LogP contribution in [0.3, 0.4) is 0 Å². The van der Waals surface area contributed by atoms with Crippen LogP contribution in [0.25, 0.3) is 0 Å². The Kier molecular flexibility index (Phi) is 5.69. The fourth-order valence-corrected chi connectivity index (χ4v) is 1.04. The predicted octanol–water partition coefficient (Wildman–Crippen LogP) is 2.78. The third-order valence-corrected chi connectivity index (χ3v) is 2.17. The average molecular weight is 230 g/mol. The van der Waals surface area contributed by atoms with E-state index in [2.05, 4.69) is 26.8 Å². The van der Waals surface area contributed by atoms with E-state index in [1.165, 1.54) is 5.56 Å². The van der Waals surface area contributed by atoms with Crippen LogP contribution < -0.4 is 10.5 Å². The van der Waals surface area contributed by atoms with Crippen LogP contribution in [-0.2, 0) is 0 Å². The summed E-state index contributed by atoms with van der Waals surface area (Å²) in [7, 11) is 0. The summed E-state index contributed by atoms with van der Waals surface area (Å²) >= 11 is 0. The highest BCUT2D eigenvalue weighted by molar-refractivity contribution is 5.85. The summed E-state index contributed by atoms with van der Waals surface area (Å²) in [5.74, 6) is 0.923. The number of hydrogen-bond donors (Lipinski definition) is 1. The summed E-state index contributed by atoms with van der Waals surface area (Å²) < 4.78 is 5.66. The van der Waals surface area contributed by atoms with Gasteiger partial charge in [-0.1, -0.05) is 26.0 Å². The highest BCUT2D eigenvalue weighted by Crippen LogP contribution is 2.18. The molecule has 0 fully saturated rings. The molecular weight excluding hydrogens is 210 g/mol. The molecule has 0 saturated heterocycles. The predicted molar refractivity (Wildman–Crippen MR) is 66.8 cm³/mol. The normalized spacial score (nSPS) is 10.7. The van der Waals surface area contributed by atoms with Crippen LogP contribution in [0, 0.1) is 12.3 Å². The van der Waals surface area contributed by atoms with Gasteiger partial charge in [-0.25, -0.2) is 0 Å². The standard InChI is InChI=1S/C12H19NO.ClH/c1-10-5-4-6-11(7-10)14-9-12(2,3)8-13;/h4-7H,8-9,13H2,1-3H3;1H. The summed E-state index contributed by atoms with van der Waals surface area (Å²) in [6.45, 7) is 7.55.